The molecule has 3 rings (SSSR count). The summed E-state index contributed by atoms with van der Waals surface area (Å²) >= 11 is 0. The second-order valence-electron chi connectivity index (χ2n) is 6.76. The zero-order valence-corrected chi connectivity index (χ0v) is 15.1. The molecule has 1 heterocycles. The van der Waals surface area contributed by atoms with E-state index >= 15 is 0 Å². The number of halogens is 1. The summed E-state index contributed by atoms with van der Waals surface area (Å²) < 4.78 is 18.7. The summed E-state index contributed by atoms with van der Waals surface area (Å²) in [4.78, 5) is 26.0. The minimum atomic E-state index is -1.30. The number of carbonyl (C=O) groups is 2. The topological polar surface area (TPSA) is 78.9 Å². The van der Waals surface area contributed by atoms with Crippen LogP contribution in [-0.4, -0.2) is 41.2 Å². The van der Waals surface area contributed by atoms with E-state index in [0.717, 1.165) is 10.5 Å². The first kappa shape index (κ1) is 18.8. The number of hydrogen-bond donors (Lipinski definition) is 2. The molecule has 0 unspecified atom stereocenters. The minimum absolute atomic E-state index is 0.0617. The van der Waals surface area contributed by atoms with Crippen molar-refractivity contribution in [1.29, 1.82) is 0 Å². The lowest BCUT2D eigenvalue weighted by molar-refractivity contribution is -0.132. The van der Waals surface area contributed by atoms with Crippen molar-refractivity contribution >= 4 is 11.9 Å². The maximum absolute atomic E-state index is 13.1. The monoisotopic (exact) mass is 372 g/mol. The molecule has 1 aliphatic rings. The lowest BCUT2D eigenvalue weighted by Gasteiger charge is -2.23. The molecule has 0 aromatic heterocycles. The molecule has 0 spiro atoms. The highest BCUT2D eigenvalue weighted by Crippen LogP contribution is 2.29. The maximum Gasteiger partial charge on any atom is 0.325 e. The molecule has 2 aromatic carbocycles. The van der Waals surface area contributed by atoms with Crippen LogP contribution in [0.3, 0.4) is 0 Å². The number of carbonyl (C=O) groups excluding carboxylic acids is 2. The molecule has 0 bridgehead atoms. The maximum atomic E-state index is 13.1. The highest BCUT2D eigenvalue weighted by Gasteiger charge is 2.49. The van der Waals surface area contributed by atoms with Gasteiger partial charge in [-0.05, 0) is 49.2 Å². The molecule has 2 atom stereocenters. The number of benzene rings is 2. The Balaban J connectivity index is 1.65. The molecule has 1 fully saturated rings. The van der Waals surface area contributed by atoms with Gasteiger partial charge in [0, 0.05) is 0 Å². The zero-order valence-electron chi connectivity index (χ0n) is 15.1. The Kier molecular flexibility index (Phi) is 5.14. The summed E-state index contributed by atoms with van der Waals surface area (Å²) in [5, 5.41) is 12.8. The number of ether oxygens (including phenoxy) is 1. The number of rotatable bonds is 6. The summed E-state index contributed by atoms with van der Waals surface area (Å²) in [5.41, 5.74) is 0.184. The van der Waals surface area contributed by atoms with Crippen LogP contribution in [0.25, 0.3) is 0 Å². The average molecular weight is 372 g/mol. The van der Waals surface area contributed by atoms with Gasteiger partial charge in [0.1, 0.15) is 29.8 Å². The first-order valence-corrected chi connectivity index (χ1v) is 8.57. The van der Waals surface area contributed by atoms with Crippen molar-refractivity contribution in [1.82, 2.24) is 10.2 Å². The van der Waals surface area contributed by atoms with Crippen molar-refractivity contribution in [3.63, 3.8) is 0 Å². The molecule has 1 aliphatic heterocycles. The van der Waals surface area contributed by atoms with E-state index in [1.54, 1.807) is 13.0 Å². The number of aliphatic hydroxyl groups excluding tert-OH is 1. The smallest absolute Gasteiger partial charge is 0.325 e. The van der Waals surface area contributed by atoms with Gasteiger partial charge in [-0.25, -0.2) is 9.18 Å². The Morgan fingerprint density at radius 1 is 1.22 bits per heavy atom. The van der Waals surface area contributed by atoms with Gasteiger partial charge < -0.3 is 15.2 Å². The van der Waals surface area contributed by atoms with Crippen LogP contribution in [0.2, 0.25) is 0 Å². The number of aryl methyl sites for hydroxylation is 1. The molecular weight excluding hydrogens is 351 g/mol. The van der Waals surface area contributed by atoms with Crippen molar-refractivity contribution < 1.29 is 23.8 Å². The van der Waals surface area contributed by atoms with Gasteiger partial charge in [-0.3, -0.25) is 9.69 Å². The summed E-state index contributed by atoms with van der Waals surface area (Å²) in [6.07, 6.45) is -1.05. The zero-order chi connectivity index (χ0) is 19.6. The minimum Gasteiger partial charge on any atom is -0.491 e. The van der Waals surface area contributed by atoms with Crippen LogP contribution >= 0.6 is 0 Å². The SMILES string of the molecule is Cc1cccc(OC[C@H](O)CN2C(=O)N[C@](C)(c3ccc(F)cc3)C2=O)c1. The number of imide groups is 1. The van der Waals surface area contributed by atoms with Crippen LogP contribution in [0.1, 0.15) is 18.1 Å². The van der Waals surface area contributed by atoms with Crippen LogP contribution in [0.4, 0.5) is 9.18 Å². The predicted octanol–water partition coefficient (Wildman–Crippen LogP) is 2.34. The van der Waals surface area contributed by atoms with Crippen LogP contribution in [0.5, 0.6) is 5.75 Å². The number of urea groups is 1. The highest BCUT2D eigenvalue weighted by atomic mass is 19.1. The second-order valence-corrected chi connectivity index (χ2v) is 6.76. The lowest BCUT2D eigenvalue weighted by atomic mass is 9.92. The molecular formula is C20H21FN2O4. The van der Waals surface area contributed by atoms with Gasteiger partial charge in [-0.1, -0.05) is 24.3 Å². The van der Waals surface area contributed by atoms with Gasteiger partial charge in [0.25, 0.3) is 5.91 Å². The quantitative estimate of drug-likeness (QED) is 0.763. The number of hydrogen-bond acceptors (Lipinski definition) is 4. The second kappa shape index (κ2) is 7.36. The molecule has 142 valence electrons. The van der Waals surface area contributed by atoms with Crippen molar-refractivity contribution in [2.75, 3.05) is 13.2 Å². The van der Waals surface area contributed by atoms with E-state index in [0.29, 0.717) is 11.3 Å². The number of nitrogens with zero attached hydrogens (tertiary/aromatic N) is 1. The number of amides is 3. The van der Waals surface area contributed by atoms with Gasteiger partial charge >= 0.3 is 6.03 Å². The number of β-amino-alcohol motifs (C(OH)–C–C–N with tert-alkyl or cyclic N) is 1. The van der Waals surface area contributed by atoms with Gasteiger partial charge in [0.2, 0.25) is 0 Å². The van der Waals surface area contributed by atoms with E-state index in [1.807, 2.05) is 25.1 Å². The largest absolute Gasteiger partial charge is 0.491 e. The third kappa shape index (κ3) is 3.93. The predicted molar refractivity (Wildman–Crippen MR) is 96.7 cm³/mol. The van der Waals surface area contributed by atoms with E-state index < -0.39 is 29.4 Å². The van der Waals surface area contributed by atoms with Crippen LogP contribution in [-0.2, 0) is 10.3 Å². The van der Waals surface area contributed by atoms with Gasteiger partial charge in [-0.15, -0.1) is 0 Å². The van der Waals surface area contributed by atoms with Crippen LogP contribution in [0, 0.1) is 12.7 Å². The van der Waals surface area contributed by atoms with Crippen molar-refractivity contribution in [3.8, 4) is 5.75 Å². The Labute approximate surface area is 156 Å². The van der Waals surface area contributed by atoms with Gasteiger partial charge in [0.05, 0.1) is 6.54 Å². The van der Waals surface area contributed by atoms with E-state index in [-0.39, 0.29) is 13.2 Å². The number of aliphatic hydroxyl groups is 1. The summed E-state index contributed by atoms with van der Waals surface area (Å²) in [6, 6.07) is 12.1. The molecule has 3 amide bonds. The van der Waals surface area contributed by atoms with Crippen molar-refractivity contribution in [2.45, 2.75) is 25.5 Å². The van der Waals surface area contributed by atoms with E-state index in [4.69, 9.17) is 4.74 Å². The fourth-order valence-corrected chi connectivity index (χ4v) is 3.00. The Hall–Kier alpha value is -2.93. The van der Waals surface area contributed by atoms with Crippen LogP contribution in [0.15, 0.2) is 48.5 Å². The molecule has 0 aliphatic carbocycles. The molecule has 0 radical (unpaired) electrons. The van der Waals surface area contributed by atoms with Crippen molar-refractivity contribution in [3.05, 3.63) is 65.5 Å². The van der Waals surface area contributed by atoms with E-state index in [9.17, 15) is 19.1 Å². The summed E-state index contributed by atoms with van der Waals surface area (Å²) in [7, 11) is 0. The molecule has 6 nitrogen and oxygen atoms in total. The van der Waals surface area contributed by atoms with Gasteiger partial charge in [-0.2, -0.15) is 0 Å². The van der Waals surface area contributed by atoms with E-state index in [2.05, 4.69) is 5.32 Å². The number of nitrogens with one attached hydrogen (secondary N) is 1. The Morgan fingerprint density at radius 2 is 1.93 bits per heavy atom. The average Bonchev–Trinajstić information content (AvgIpc) is 2.85. The molecule has 1 saturated heterocycles. The first-order valence-electron chi connectivity index (χ1n) is 8.57. The molecule has 2 aromatic rings. The Morgan fingerprint density at radius 3 is 2.59 bits per heavy atom. The fraction of sp³-hybridized carbons (Fsp3) is 0.300. The normalized spacial score (nSPS) is 20.5. The summed E-state index contributed by atoms with van der Waals surface area (Å²) in [6.45, 7) is 3.21. The third-order valence-electron chi connectivity index (χ3n) is 4.52. The van der Waals surface area contributed by atoms with E-state index in [1.165, 1.54) is 24.3 Å². The van der Waals surface area contributed by atoms with Crippen molar-refractivity contribution in [2.24, 2.45) is 0 Å². The lowest BCUT2D eigenvalue weighted by Crippen LogP contribution is -2.42. The third-order valence-corrected chi connectivity index (χ3v) is 4.52. The molecule has 27 heavy (non-hydrogen) atoms. The summed E-state index contributed by atoms with van der Waals surface area (Å²) in [5.74, 6) is -0.337. The standard InChI is InChI=1S/C20H21FN2O4/c1-13-4-3-5-17(10-13)27-12-16(24)11-23-18(25)20(2,22-19(23)26)14-6-8-15(21)9-7-14/h3-10,16,24H,11-12H2,1-2H3,(H,22,26)/t16-,20-/m1/s1. The first-order chi connectivity index (χ1) is 12.8. The molecule has 7 heteroatoms. The highest BCUT2D eigenvalue weighted by molar-refractivity contribution is 6.07. The Bertz CT molecular complexity index is 855. The molecule has 0 saturated carbocycles. The molecule has 2 N–H and O–H groups in total. The fourth-order valence-electron chi connectivity index (χ4n) is 3.00. The van der Waals surface area contributed by atoms with Crippen LogP contribution < -0.4 is 10.1 Å². The van der Waals surface area contributed by atoms with Gasteiger partial charge in [0.15, 0.2) is 0 Å².